The second kappa shape index (κ2) is 15.0. The lowest BCUT2D eigenvalue weighted by atomic mass is 9.74. The van der Waals surface area contributed by atoms with Crippen LogP contribution in [-0.4, -0.2) is 102 Å². The third-order valence-electron chi connectivity index (χ3n) is 11.2. The first-order chi connectivity index (χ1) is 24.6. The van der Waals surface area contributed by atoms with E-state index in [1.807, 2.05) is 80.6 Å². The summed E-state index contributed by atoms with van der Waals surface area (Å²) >= 11 is 0. The van der Waals surface area contributed by atoms with Crippen LogP contribution in [0.1, 0.15) is 58.6 Å². The fourth-order valence-electron chi connectivity index (χ4n) is 8.27. The van der Waals surface area contributed by atoms with E-state index in [9.17, 15) is 19.5 Å². The maximum Gasteiger partial charge on any atom is 0.313 e. The second-order valence-corrected chi connectivity index (χ2v) is 13.9. The number of allylic oxidation sites excluding steroid dienone is 1. The molecule has 4 heterocycles. The molecule has 0 unspecified atom stereocenters. The molecule has 5 bridgehead atoms. The van der Waals surface area contributed by atoms with Gasteiger partial charge in [0.1, 0.15) is 23.7 Å². The molecule has 2 aromatic carbocycles. The maximum absolute atomic E-state index is 15.1. The van der Waals surface area contributed by atoms with Crippen molar-refractivity contribution in [1.29, 1.82) is 0 Å². The van der Waals surface area contributed by atoms with Crippen LogP contribution in [0.25, 0.3) is 0 Å². The van der Waals surface area contributed by atoms with Crippen LogP contribution < -0.4 is 9.80 Å². The fourth-order valence-corrected chi connectivity index (χ4v) is 8.27. The first-order valence-corrected chi connectivity index (χ1v) is 18.2. The van der Waals surface area contributed by atoms with Crippen LogP contribution in [0.2, 0.25) is 0 Å². The number of esters is 1. The smallest absolute Gasteiger partial charge is 0.313 e. The van der Waals surface area contributed by atoms with Crippen molar-refractivity contribution in [1.82, 2.24) is 9.80 Å². The molecule has 1 N–H and O–H groups in total. The molecule has 4 aliphatic heterocycles. The molecule has 0 saturated carbocycles. The summed E-state index contributed by atoms with van der Waals surface area (Å²) in [6.07, 6.45) is 6.74. The van der Waals surface area contributed by atoms with E-state index in [4.69, 9.17) is 9.47 Å². The average Bonchev–Trinajstić information content (AvgIpc) is 3.80. The topological polar surface area (TPSA) is 120 Å². The summed E-state index contributed by atoms with van der Waals surface area (Å²) in [5, 5.41) is 10.5. The molecule has 51 heavy (non-hydrogen) atoms. The maximum atomic E-state index is 15.1. The van der Waals surface area contributed by atoms with Gasteiger partial charge in [0.2, 0.25) is 11.8 Å². The molecule has 4 aliphatic rings. The number of amides is 3. The van der Waals surface area contributed by atoms with Crippen molar-refractivity contribution >= 4 is 35.1 Å². The number of carbonyl (C=O) groups excluding carboxylic acids is 4. The zero-order valence-corrected chi connectivity index (χ0v) is 30.2. The first kappa shape index (κ1) is 36.3. The summed E-state index contributed by atoms with van der Waals surface area (Å²) in [5.74, 6) is -3.63. The number of likely N-dealkylation sites (N-methyl/N-ethyl adjacent to an activating group) is 1. The van der Waals surface area contributed by atoms with Crippen LogP contribution in [0, 0.1) is 11.8 Å². The Morgan fingerprint density at radius 3 is 2.31 bits per heavy atom. The van der Waals surface area contributed by atoms with Crippen molar-refractivity contribution in [2.24, 2.45) is 11.8 Å². The van der Waals surface area contributed by atoms with Crippen LogP contribution in [0.15, 0.2) is 78.9 Å². The van der Waals surface area contributed by atoms with E-state index in [-0.39, 0.29) is 31.4 Å². The zero-order valence-electron chi connectivity index (χ0n) is 30.2. The number of fused-ring (bicyclic) bond motifs is 2. The molecular formula is C40H50N4O7. The van der Waals surface area contributed by atoms with Crippen molar-refractivity contribution in [3.8, 4) is 0 Å². The predicted molar refractivity (Wildman–Crippen MR) is 194 cm³/mol. The van der Waals surface area contributed by atoms with Crippen molar-refractivity contribution in [2.45, 2.75) is 82.9 Å². The number of rotatable bonds is 8. The first-order valence-electron chi connectivity index (χ1n) is 18.2. The van der Waals surface area contributed by atoms with Gasteiger partial charge in [0.25, 0.3) is 5.91 Å². The normalized spacial score (nSPS) is 30.8. The van der Waals surface area contributed by atoms with Crippen LogP contribution >= 0.6 is 0 Å². The third kappa shape index (κ3) is 6.35. The number of anilines is 2. The highest BCUT2D eigenvalue weighted by atomic mass is 16.6. The number of nitrogens with zero attached hydrogens (tertiary/aromatic N) is 4. The lowest BCUT2D eigenvalue weighted by molar-refractivity contribution is -0.164. The molecule has 8 atom stereocenters. The Hall–Kier alpha value is -4.48. The Labute approximate surface area is 300 Å². The number of aliphatic hydroxyl groups excluding tert-OH is 1. The van der Waals surface area contributed by atoms with E-state index < -0.39 is 59.6 Å². The molecule has 11 nitrogen and oxygen atoms in total. The molecular weight excluding hydrogens is 648 g/mol. The van der Waals surface area contributed by atoms with Gasteiger partial charge < -0.3 is 34.2 Å². The monoisotopic (exact) mass is 698 g/mol. The fraction of sp³-hybridized carbons (Fsp3) is 0.500. The minimum Gasteiger partial charge on any atom is -0.455 e. The number of aliphatic hydroxyl groups is 1. The summed E-state index contributed by atoms with van der Waals surface area (Å²) in [4.78, 5) is 64.5. The van der Waals surface area contributed by atoms with Gasteiger partial charge in [-0.25, -0.2) is 0 Å². The van der Waals surface area contributed by atoms with Crippen LogP contribution in [0.4, 0.5) is 11.4 Å². The van der Waals surface area contributed by atoms with E-state index in [0.29, 0.717) is 24.1 Å². The van der Waals surface area contributed by atoms with Crippen molar-refractivity contribution in [3.63, 3.8) is 0 Å². The van der Waals surface area contributed by atoms with Gasteiger partial charge >= 0.3 is 5.97 Å². The quantitative estimate of drug-likeness (QED) is 0.321. The van der Waals surface area contributed by atoms with Crippen LogP contribution in [0.3, 0.4) is 0 Å². The number of hydrogen-bond donors (Lipinski definition) is 1. The summed E-state index contributed by atoms with van der Waals surface area (Å²) in [6, 6.07) is 14.7. The molecule has 0 radical (unpaired) electrons. The van der Waals surface area contributed by atoms with Crippen molar-refractivity contribution in [3.05, 3.63) is 84.5 Å². The van der Waals surface area contributed by atoms with Gasteiger partial charge in [-0.2, -0.15) is 0 Å². The van der Waals surface area contributed by atoms with Gasteiger partial charge in [-0.05, 0) is 63.4 Å². The van der Waals surface area contributed by atoms with Gasteiger partial charge in [0, 0.05) is 44.5 Å². The highest BCUT2D eigenvalue weighted by molar-refractivity contribution is 6.05. The summed E-state index contributed by atoms with van der Waals surface area (Å²) in [6.45, 7) is 9.36. The highest BCUT2D eigenvalue weighted by Gasteiger charge is 2.74. The number of cyclic esters (lactones) is 1. The number of hydrogen-bond acceptors (Lipinski definition) is 8. The number of likely N-dealkylation sites (tertiary alicyclic amines) is 1. The highest BCUT2D eigenvalue weighted by Crippen LogP contribution is 2.56. The van der Waals surface area contributed by atoms with E-state index in [0.717, 1.165) is 18.8 Å². The molecule has 0 aliphatic carbocycles. The number of ether oxygens (including phenoxy) is 2. The molecule has 272 valence electrons. The lowest BCUT2D eigenvalue weighted by Crippen LogP contribution is -2.58. The van der Waals surface area contributed by atoms with Crippen LogP contribution in [0.5, 0.6) is 0 Å². The van der Waals surface area contributed by atoms with Gasteiger partial charge in [0.15, 0.2) is 0 Å². The van der Waals surface area contributed by atoms with Crippen molar-refractivity contribution < 1.29 is 33.8 Å². The molecule has 2 aromatic rings. The third-order valence-corrected chi connectivity index (χ3v) is 11.2. The van der Waals surface area contributed by atoms with E-state index in [2.05, 4.69) is 18.7 Å². The average molecular weight is 699 g/mol. The summed E-state index contributed by atoms with van der Waals surface area (Å²) in [5.41, 5.74) is 0.924. The van der Waals surface area contributed by atoms with Crippen LogP contribution in [-0.2, 0) is 28.7 Å². The van der Waals surface area contributed by atoms with Crippen molar-refractivity contribution in [2.75, 3.05) is 43.1 Å². The van der Waals surface area contributed by atoms with E-state index in [1.165, 1.54) is 4.90 Å². The molecule has 2 saturated heterocycles. The molecule has 3 amide bonds. The predicted octanol–water partition coefficient (Wildman–Crippen LogP) is 4.27. The van der Waals surface area contributed by atoms with Gasteiger partial charge in [-0.1, -0.05) is 61.6 Å². The summed E-state index contributed by atoms with van der Waals surface area (Å²) < 4.78 is 12.9. The minimum absolute atomic E-state index is 0.113. The molecule has 1 spiro atoms. The molecule has 11 heteroatoms. The molecule has 6 rings (SSSR count). The SMILES string of the molecule is CC[C@@H](CO)N1C(=O)[C@H]2[C@@H]3C(=O)O[C@H](c4ccccc4)[C@@H](C)N(C)C(=O)CC/C=C\CN(c4ccc(N(CC)CC)cc4)C(=O)[C@H]1[C@@]21C=C[C@@H]3O1. The Morgan fingerprint density at radius 2 is 1.67 bits per heavy atom. The lowest BCUT2D eigenvalue weighted by Gasteiger charge is -2.38. The van der Waals surface area contributed by atoms with E-state index >= 15 is 4.79 Å². The largest absolute Gasteiger partial charge is 0.455 e. The number of benzene rings is 2. The molecule has 2 fully saturated rings. The zero-order chi connectivity index (χ0) is 36.4. The number of carbonyl (C=O) groups is 4. The minimum atomic E-state index is -1.44. The standard InChI is InChI=1S/C40H50N4O7/c1-6-28(25-45)44-36-38(48)43(30-20-18-29(19-21-30)42(7-2)8-3)24-14-10-13-17-32(46)41(5)26(4)35(27-15-11-9-12-16-27)50-39(49)33-31-22-23-40(36,51-31)34(33)37(44)47/h9-12,14-16,18-23,26,28,31,33-36,45H,6-8,13,17,24-25H2,1-5H3/b14-10-/t26-,28+,31+,33-,34-,35+,36+,40-/m1/s1. The molecule has 0 aromatic heterocycles. The van der Waals surface area contributed by atoms with E-state index in [1.54, 1.807) is 29.0 Å². The van der Waals surface area contributed by atoms with Gasteiger partial charge in [-0.15, -0.1) is 0 Å². The van der Waals surface area contributed by atoms with Gasteiger partial charge in [0.05, 0.1) is 30.7 Å². The Bertz CT molecular complexity index is 1650. The summed E-state index contributed by atoms with van der Waals surface area (Å²) in [7, 11) is 1.71. The Balaban J connectivity index is 1.46. The second-order valence-electron chi connectivity index (χ2n) is 13.9. The Morgan fingerprint density at radius 1 is 0.961 bits per heavy atom. The Kier molecular flexibility index (Phi) is 10.7. The van der Waals surface area contributed by atoms with Gasteiger partial charge in [-0.3, -0.25) is 19.2 Å².